The van der Waals surface area contributed by atoms with Crippen LogP contribution in [0.5, 0.6) is 0 Å². The molecule has 2 saturated heterocycles. The Morgan fingerprint density at radius 2 is 1.69 bits per heavy atom. The number of hydrogen-bond acceptors (Lipinski definition) is 5. The molecule has 3 atom stereocenters. The topological polar surface area (TPSA) is 93.2 Å². The van der Waals surface area contributed by atoms with Crippen molar-refractivity contribution in [2.24, 2.45) is 5.73 Å². The molecular formula is C25H37N5O2. The van der Waals surface area contributed by atoms with E-state index in [1.54, 1.807) is 0 Å². The molecule has 0 unspecified atom stereocenters. The van der Waals surface area contributed by atoms with Crippen molar-refractivity contribution >= 4 is 17.8 Å². The monoisotopic (exact) mass is 439 g/mol. The van der Waals surface area contributed by atoms with Gasteiger partial charge in [-0.15, -0.1) is 0 Å². The van der Waals surface area contributed by atoms with Gasteiger partial charge in [-0.25, -0.2) is 4.98 Å². The minimum absolute atomic E-state index is 0.0672. The van der Waals surface area contributed by atoms with Gasteiger partial charge in [0.25, 0.3) is 5.56 Å². The number of allylic oxidation sites excluding steroid dienone is 1. The third-order valence-electron chi connectivity index (χ3n) is 8.10. The summed E-state index contributed by atoms with van der Waals surface area (Å²) in [6, 6.07) is 2.07. The van der Waals surface area contributed by atoms with E-state index in [4.69, 9.17) is 5.73 Å². The summed E-state index contributed by atoms with van der Waals surface area (Å²) in [5, 5.41) is 2.90. The van der Waals surface area contributed by atoms with Gasteiger partial charge >= 0.3 is 0 Å². The second kappa shape index (κ2) is 9.38. The summed E-state index contributed by atoms with van der Waals surface area (Å²) in [7, 11) is 0. The summed E-state index contributed by atoms with van der Waals surface area (Å²) >= 11 is 0. The Morgan fingerprint density at radius 1 is 1.00 bits per heavy atom. The standard InChI is InChI=1S/C25H37N5O2/c26-23(31)16-27-24-25(32)30(22-11-7-6-10-21(22)28-24)20-14-18-12-13-19(15-20)29(18)17-8-4-2-1-3-5-9-17/h7,11,17-20H,1-6,8-10,12-16H2,(H2,26,31)(H,27,28)/t18-,19+,20+. The first-order valence-electron chi connectivity index (χ1n) is 12.7. The van der Waals surface area contributed by atoms with Crippen LogP contribution in [-0.4, -0.2) is 45.0 Å². The smallest absolute Gasteiger partial charge is 0.294 e. The Morgan fingerprint density at radius 3 is 2.38 bits per heavy atom. The predicted octanol–water partition coefficient (Wildman–Crippen LogP) is 3.38. The number of piperidine rings is 1. The fraction of sp³-hybridized carbons (Fsp3) is 0.720. The van der Waals surface area contributed by atoms with Crippen LogP contribution < -0.4 is 16.6 Å². The summed E-state index contributed by atoms with van der Waals surface area (Å²) in [5.74, 6) is -0.214. The molecule has 32 heavy (non-hydrogen) atoms. The molecule has 1 amide bonds. The molecule has 0 spiro atoms. The third-order valence-corrected chi connectivity index (χ3v) is 8.10. The third kappa shape index (κ3) is 4.24. The van der Waals surface area contributed by atoms with Gasteiger partial charge in [0.15, 0.2) is 5.82 Å². The largest absolute Gasteiger partial charge is 0.368 e. The van der Waals surface area contributed by atoms with Crippen LogP contribution in [0.1, 0.15) is 94.5 Å². The number of hydrogen-bond donors (Lipinski definition) is 2. The van der Waals surface area contributed by atoms with Crippen LogP contribution in [0.15, 0.2) is 10.9 Å². The van der Waals surface area contributed by atoms with Crippen LogP contribution in [0.2, 0.25) is 0 Å². The zero-order valence-corrected chi connectivity index (χ0v) is 19.1. The number of nitrogens with one attached hydrogen (secondary N) is 1. The first kappa shape index (κ1) is 21.7. The van der Waals surface area contributed by atoms with Crippen LogP contribution >= 0.6 is 0 Å². The van der Waals surface area contributed by atoms with Gasteiger partial charge < -0.3 is 15.6 Å². The number of nitrogens with zero attached hydrogens (tertiary/aromatic N) is 3. The molecule has 174 valence electrons. The van der Waals surface area contributed by atoms with E-state index in [0.29, 0.717) is 12.1 Å². The molecule has 3 fully saturated rings. The molecule has 2 aliphatic heterocycles. The Kier molecular flexibility index (Phi) is 6.35. The summed E-state index contributed by atoms with van der Waals surface area (Å²) in [6.07, 6.45) is 20.1. The maximum absolute atomic E-state index is 13.5. The molecule has 2 aliphatic carbocycles. The van der Waals surface area contributed by atoms with Crippen molar-refractivity contribution in [1.82, 2.24) is 14.5 Å². The van der Waals surface area contributed by atoms with Gasteiger partial charge in [-0.05, 0) is 57.4 Å². The molecule has 1 saturated carbocycles. The molecule has 3 heterocycles. The summed E-state index contributed by atoms with van der Waals surface area (Å²) in [6.45, 7) is -0.0672. The summed E-state index contributed by atoms with van der Waals surface area (Å²) < 4.78 is 2.00. The summed E-state index contributed by atoms with van der Waals surface area (Å²) in [4.78, 5) is 32.2. The highest BCUT2D eigenvalue weighted by Gasteiger charge is 2.44. The number of rotatable bonds is 5. The van der Waals surface area contributed by atoms with Gasteiger partial charge in [0.2, 0.25) is 5.91 Å². The maximum Gasteiger partial charge on any atom is 0.294 e. The van der Waals surface area contributed by atoms with Crippen molar-refractivity contribution in [2.45, 2.75) is 108 Å². The lowest BCUT2D eigenvalue weighted by molar-refractivity contribution is -0.116. The van der Waals surface area contributed by atoms with Crippen LogP contribution in [0, 0.1) is 0 Å². The minimum Gasteiger partial charge on any atom is -0.368 e. The summed E-state index contributed by atoms with van der Waals surface area (Å²) in [5.41, 5.74) is 7.12. The van der Waals surface area contributed by atoms with Gasteiger partial charge in [-0.1, -0.05) is 38.2 Å². The Bertz CT molecular complexity index is 917. The number of fused-ring (bicyclic) bond motifs is 3. The Hall–Kier alpha value is -2.15. The Labute approximate surface area is 190 Å². The molecule has 0 aromatic carbocycles. The molecule has 2 bridgehead atoms. The molecular weight excluding hydrogens is 402 g/mol. The fourth-order valence-electron chi connectivity index (χ4n) is 6.75. The number of aromatic nitrogens is 2. The van der Waals surface area contributed by atoms with E-state index in [1.165, 1.54) is 57.8 Å². The number of anilines is 1. The van der Waals surface area contributed by atoms with Crippen LogP contribution in [0.4, 0.5) is 5.82 Å². The lowest BCUT2D eigenvalue weighted by Gasteiger charge is -2.45. The van der Waals surface area contributed by atoms with E-state index < -0.39 is 5.91 Å². The van der Waals surface area contributed by atoms with Gasteiger partial charge in [0.05, 0.1) is 17.9 Å². The highest BCUT2D eigenvalue weighted by Crippen LogP contribution is 2.44. The van der Waals surface area contributed by atoms with E-state index in [9.17, 15) is 9.59 Å². The van der Waals surface area contributed by atoms with E-state index in [0.717, 1.165) is 43.1 Å². The highest BCUT2D eigenvalue weighted by molar-refractivity contribution is 5.78. The van der Waals surface area contributed by atoms with Gasteiger partial charge in [0, 0.05) is 24.2 Å². The van der Waals surface area contributed by atoms with Gasteiger partial charge in [-0.3, -0.25) is 14.5 Å². The molecule has 7 heteroatoms. The molecule has 1 aromatic rings. The molecule has 7 nitrogen and oxygen atoms in total. The average molecular weight is 440 g/mol. The zero-order valence-electron chi connectivity index (χ0n) is 19.1. The van der Waals surface area contributed by atoms with Gasteiger partial charge in [-0.2, -0.15) is 0 Å². The molecule has 0 radical (unpaired) electrons. The number of primary amides is 1. The fourth-order valence-corrected chi connectivity index (χ4v) is 6.75. The van der Waals surface area contributed by atoms with E-state index in [1.807, 2.05) is 4.57 Å². The second-order valence-electron chi connectivity index (χ2n) is 10.2. The van der Waals surface area contributed by atoms with Gasteiger partial charge in [0.1, 0.15) is 0 Å². The van der Waals surface area contributed by atoms with E-state index in [2.05, 4.69) is 27.4 Å². The van der Waals surface area contributed by atoms with Crippen molar-refractivity contribution in [2.75, 3.05) is 11.9 Å². The normalized spacial score (nSPS) is 28.7. The maximum atomic E-state index is 13.5. The van der Waals surface area contributed by atoms with Crippen molar-refractivity contribution in [1.29, 1.82) is 0 Å². The van der Waals surface area contributed by atoms with Crippen molar-refractivity contribution in [3.05, 3.63) is 27.8 Å². The zero-order chi connectivity index (χ0) is 22.1. The quantitative estimate of drug-likeness (QED) is 0.734. The van der Waals surface area contributed by atoms with E-state index in [-0.39, 0.29) is 24.0 Å². The lowest BCUT2D eigenvalue weighted by atomic mass is 9.89. The molecule has 1 aromatic heterocycles. The Balaban J connectivity index is 1.42. The number of amides is 1. The SMILES string of the molecule is NC(=O)CNc1nc2c(n([C@H]3C[C@H]4CC[C@@H](C3)N4C3CCCCCCC3)c1=O)C=CCC2. The number of carbonyl (C=O) groups excluding carboxylic acids is 1. The number of aryl methyl sites for hydroxylation is 1. The number of nitrogens with two attached hydrogens (primary N) is 1. The van der Waals surface area contributed by atoms with Crippen LogP contribution in [-0.2, 0) is 11.2 Å². The average Bonchev–Trinajstić information content (AvgIpc) is 3.01. The lowest BCUT2D eigenvalue weighted by Crippen LogP contribution is -2.50. The minimum atomic E-state index is -0.485. The van der Waals surface area contributed by atoms with Crippen LogP contribution in [0.25, 0.3) is 6.08 Å². The molecule has 5 rings (SSSR count). The highest BCUT2D eigenvalue weighted by atomic mass is 16.1. The van der Waals surface area contributed by atoms with Crippen molar-refractivity contribution in [3.63, 3.8) is 0 Å². The predicted molar refractivity (Wildman–Crippen MR) is 127 cm³/mol. The first-order valence-corrected chi connectivity index (χ1v) is 12.7. The molecule has 4 aliphatic rings. The first-order chi connectivity index (χ1) is 15.6. The second-order valence-corrected chi connectivity index (χ2v) is 10.2. The molecule has 3 N–H and O–H groups in total. The number of carbonyl (C=O) groups is 1. The van der Waals surface area contributed by atoms with Crippen molar-refractivity contribution in [3.8, 4) is 0 Å². The van der Waals surface area contributed by atoms with Crippen LogP contribution in [0.3, 0.4) is 0 Å². The van der Waals surface area contributed by atoms with Crippen molar-refractivity contribution < 1.29 is 4.79 Å². The van der Waals surface area contributed by atoms with E-state index >= 15 is 0 Å².